The predicted molar refractivity (Wildman–Crippen MR) is 3.61 cm³/mol. The maximum absolute atomic E-state index is 0. The molecule has 1 nitrogen and oxygen atoms in total. The van der Waals surface area contributed by atoms with Gasteiger partial charge in [0.1, 0.15) is 0 Å². The monoisotopic (exact) mass is 330 g/mol. The van der Waals surface area contributed by atoms with E-state index >= 15 is 0 Å². The molecular weight excluding hydrogens is 328 g/mol. The van der Waals surface area contributed by atoms with Gasteiger partial charge in [-0.2, -0.15) is 0 Å². The molecule has 0 aromatic heterocycles. The van der Waals surface area contributed by atoms with E-state index < -0.39 is 0 Å². The van der Waals surface area contributed by atoms with Crippen LogP contribution in [0.25, 0.3) is 0 Å². The van der Waals surface area contributed by atoms with Gasteiger partial charge in [-0.05, 0) is 0 Å². The van der Waals surface area contributed by atoms with Crippen LogP contribution >= 0.6 is 0 Å². The summed E-state index contributed by atoms with van der Waals surface area (Å²) in [5, 5.41) is 0. The van der Waals surface area contributed by atoms with Gasteiger partial charge < -0.3 is 53.4 Å². The Labute approximate surface area is 69.2 Å². The van der Waals surface area contributed by atoms with Gasteiger partial charge in [0, 0.05) is 0 Å². The predicted octanol–water partition coefficient (Wildman–Crippen LogP) is -6.82. The van der Waals surface area contributed by atoms with E-state index in [1.165, 1.54) is 0 Å². The molecule has 0 rings (SSSR count). The summed E-state index contributed by atoms with van der Waals surface area (Å²) in [7, 11) is 0. The molecule has 0 aromatic carbocycles. The number of hydrogen-bond donors (Lipinski definition) is 0. The minimum absolute atomic E-state index is 0. The van der Waals surface area contributed by atoms with Crippen LogP contribution in [0.5, 0.6) is 0 Å². The molecule has 32 valence electrons. The van der Waals surface area contributed by atoms with Gasteiger partial charge in [-0.15, -0.1) is 0 Å². The molecule has 0 saturated carbocycles. The summed E-state index contributed by atoms with van der Waals surface area (Å²) >= 11 is 0. The zero-order chi connectivity index (χ0) is 0. The Morgan fingerprint density at radius 2 is 0.750 bits per heavy atom. The summed E-state index contributed by atoms with van der Waals surface area (Å²) < 4.78 is 0. The van der Waals surface area contributed by atoms with Crippen molar-refractivity contribution in [2.24, 2.45) is 0 Å². The Hall–Kier alpha value is 1.91. The van der Waals surface area contributed by atoms with Gasteiger partial charge in [0.25, 0.3) is 0 Å². The van der Waals surface area contributed by atoms with E-state index in [1.54, 1.807) is 0 Å². The molecule has 0 unspecified atom stereocenters. The molecule has 0 atom stereocenters. The first-order valence-electron chi connectivity index (χ1n) is 0. The SMILES string of the molecule is O.[I-].[I-].[Ni+2]. The van der Waals surface area contributed by atoms with E-state index in [0.717, 1.165) is 0 Å². The molecule has 0 aliphatic rings. The van der Waals surface area contributed by atoms with Crippen molar-refractivity contribution in [1.29, 1.82) is 0 Å². The van der Waals surface area contributed by atoms with E-state index in [-0.39, 0.29) is 69.9 Å². The molecule has 0 saturated heterocycles. The maximum atomic E-state index is 0. The minimum Gasteiger partial charge on any atom is -1.00 e. The van der Waals surface area contributed by atoms with Crippen LogP contribution in [0.4, 0.5) is 0 Å². The molecule has 0 amide bonds. The topological polar surface area (TPSA) is 31.5 Å². The first-order valence-corrected chi connectivity index (χ1v) is 0. The second-order valence-corrected chi connectivity index (χ2v) is 0. The second-order valence-electron chi connectivity index (χ2n) is 0. The van der Waals surface area contributed by atoms with Gasteiger partial charge in [-0.3, -0.25) is 0 Å². The van der Waals surface area contributed by atoms with Crippen LogP contribution in [0.2, 0.25) is 0 Å². The fourth-order valence-electron chi connectivity index (χ4n) is 0. The number of rotatable bonds is 0. The summed E-state index contributed by atoms with van der Waals surface area (Å²) in [5.74, 6) is 0. The van der Waals surface area contributed by atoms with E-state index in [4.69, 9.17) is 0 Å². The molecule has 0 fully saturated rings. The molecule has 4 heavy (non-hydrogen) atoms. The standard InChI is InChI=1S/2HI.Ni.H2O/h2*1H;;1H2/q;;+2;/p-2. The van der Waals surface area contributed by atoms with Crippen molar-refractivity contribution < 1.29 is 69.9 Å². The van der Waals surface area contributed by atoms with Crippen molar-refractivity contribution in [3.05, 3.63) is 0 Å². The molecule has 0 aliphatic heterocycles. The second kappa shape index (κ2) is 20.6. The Balaban J connectivity index is 0. The van der Waals surface area contributed by atoms with Crippen LogP contribution < -0.4 is 48.0 Å². The fourth-order valence-corrected chi connectivity index (χ4v) is 0. The van der Waals surface area contributed by atoms with E-state index in [2.05, 4.69) is 0 Å². The Kier molecular flexibility index (Phi) is 200. The molecule has 4 heteroatoms. The Morgan fingerprint density at radius 3 is 0.750 bits per heavy atom. The molecule has 0 spiro atoms. The molecule has 0 bridgehead atoms. The first-order chi connectivity index (χ1) is 0. The van der Waals surface area contributed by atoms with Crippen molar-refractivity contribution in [3.8, 4) is 0 Å². The normalized spacial score (nSPS) is 0. The molecule has 2 N–H and O–H groups in total. The summed E-state index contributed by atoms with van der Waals surface area (Å²) in [6, 6.07) is 0. The van der Waals surface area contributed by atoms with Gasteiger partial charge in [0.05, 0.1) is 0 Å². The molecular formula is H2I2NiO. The van der Waals surface area contributed by atoms with E-state index in [0.29, 0.717) is 0 Å². The molecule has 0 aliphatic carbocycles. The van der Waals surface area contributed by atoms with Gasteiger partial charge in [-0.25, -0.2) is 0 Å². The third-order valence-corrected chi connectivity index (χ3v) is 0. The number of halogens is 2. The Bertz CT molecular complexity index is 6.00. The molecule has 0 radical (unpaired) electrons. The van der Waals surface area contributed by atoms with Gasteiger partial charge >= 0.3 is 16.5 Å². The summed E-state index contributed by atoms with van der Waals surface area (Å²) in [4.78, 5) is 0. The zero-order valence-electron chi connectivity index (χ0n) is 1.57. The van der Waals surface area contributed by atoms with Crippen molar-refractivity contribution in [3.63, 3.8) is 0 Å². The smallest absolute Gasteiger partial charge is 1.00 e. The van der Waals surface area contributed by atoms with Crippen LogP contribution in [0, 0.1) is 0 Å². The van der Waals surface area contributed by atoms with Gasteiger partial charge in [-0.1, -0.05) is 0 Å². The quantitative estimate of drug-likeness (QED) is 0.312. The van der Waals surface area contributed by atoms with Gasteiger partial charge in [0.15, 0.2) is 0 Å². The van der Waals surface area contributed by atoms with Crippen LogP contribution in [0.15, 0.2) is 0 Å². The summed E-state index contributed by atoms with van der Waals surface area (Å²) in [6.07, 6.45) is 0. The van der Waals surface area contributed by atoms with Gasteiger partial charge in [0.2, 0.25) is 0 Å². The van der Waals surface area contributed by atoms with E-state index in [1.807, 2.05) is 0 Å². The third kappa shape index (κ3) is 9.07. The van der Waals surface area contributed by atoms with Crippen molar-refractivity contribution in [2.75, 3.05) is 0 Å². The number of hydrogen-bond acceptors (Lipinski definition) is 0. The Morgan fingerprint density at radius 1 is 0.750 bits per heavy atom. The maximum Gasteiger partial charge on any atom is 2.00 e. The first kappa shape index (κ1) is 39.0. The van der Waals surface area contributed by atoms with E-state index in [9.17, 15) is 0 Å². The summed E-state index contributed by atoms with van der Waals surface area (Å²) in [5.41, 5.74) is 0. The summed E-state index contributed by atoms with van der Waals surface area (Å²) in [6.45, 7) is 0. The average Bonchev–Trinajstić information content (AvgIpc) is 0. The third-order valence-electron chi connectivity index (χ3n) is 0. The van der Waals surface area contributed by atoms with Crippen LogP contribution in [0.3, 0.4) is 0 Å². The van der Waals surface area contributed by atoms with Crippen molar-refractivity contribution in [2.45, 2.75) is 0 Å². The molecule has 0 heterocycles. The molecule has 0 aromatic rings. The average molecular weight is 331 g/mol. The largest absolute Gasteiger partial charge is 2.00 e. The van der Waals surface area contributed by atoms with Crippen LogP contribution in [0.1, 0.15) is 0 Å². The van der Waals surface area contributed by atoms with Crippen molar-refractivity contribution >= 4 is 0 Å². The van der Waals surface area contributed by atoms with Crippen LogP contribution in [-0.2, 0) is 16.5 Å². The fraction of sp³-hybridized carbons (Fsp3) is 0. The van der Waals surface area contributed by atoms with Crippen LogP contribution in [-0.4, -0.2) is 5.48 Å². The minimum atomic E-state index is 0. The zero-order valence-corrected chi connectivity index (χ0v) is 6.87. The van der Waals surface area contributed by atoms with Crippen molar-refractivity contribution in [1.82, 2.24) is 0 Å².